The van der Waals surface area contributed by atoms with Gasteiger partial charge in [-0.3, -0.25) is 0 Å². The van der Waals surface area contributed by atoms with Crippen molar-refractivity contribution >= 4 is 0 Å². The Bertz CT molecular complexity index is 427. The highest BCUT2D eigenvalue weighted by Gasteiger charge is 2.31. The Labute approximate surface area is 96.5 Å². The van der Waals surface area contributed by atoms with Gasteiger partial charge in [-0.25, -0.2) is 13.2 Å². The molecule has 3 nitrogen and oxygen atoms in total. The molecule has 17 heavy (non-hydrogen) atoms. The molecule has 0 radical (unpaired) electrons. The molecule has 1 aliphatic heterocycles. The van der Waals surface area contributed by atoms with Gasteiger partial charge in [0.2, 0.25) is 0 Å². The lowest BCUT2D eigenvalue weighted by Gasteiger charge is -2.32. The third-order valence-corrected chi connectivity index (χ3v) is 2.80. The SMILES string of the molecule is NC1CO[C@H](c2cc(F)c(F)cc2F)C(N)C1. The van der Waals surface area contributed by atoms with Gasteiger partial charge in [-0.15, -0.1) is 0 Å². The summed E-state index contributed by atoms with van der Waals surface area (Å²) in [5.74, 6) is -3.21. The van der Waals surface area contributed by atoms with Gasteiger partial charge in [0.15, 0.2) is 11.6 Å². The Kier molecular flexibility index (Phi) is 3.37. The zero-order valence-corrected chi connectivity index (χ0v) is 9.00. The summed E-state index contributed by atoms with van der Waals surface area (Å²) in [5.41, 5.74) is 11.3. The van der Waals surface area contributed by atoms with Crippen LogP contribution in [0, 0.1) is 17.5 Å². The van der Waals surface area contributed by atoms with Crippen molar-refractivity contribution in [3.63, 3.8) is 0 Å². The van der Waals surface area contributed by atoms with Crippen LogP contribution in [-0.4, -0.2) is 18.7 Å². The van der Waals surface area contributed by atoms with Crippen molar-refractivity contribution in [1.82, 2.24) is 0 Å². The van der Waals surface area contributed by atoms with E-state index in [4.69, 9.17) is 16.2 Å². The second-order valence-corrected chi connectivity index (χ2v) is 4.20. The third-order valence-electron chi connectivity index (χ3n) is 2.80. The summed E-state index contributed by atoms with van der Waals surface area (Å²) in [6.45, 7) is 0.219. The molecule has 2 unspecified atom stereocenters. The van der Waals surface area contributed by atoms with Gasteiger partial charge in [0.05, 0.1) is 6.61 Å². The molecule has 6 heteroatoms. The van der Waals surface area contributed by atoms with Crippen molar-refractivity contribution in [2.45, 2.75) is 24.6 Å². The molecule has 0 aromatic heterocycles. The van der Waals surface area contributed by atoms with E-state index in [1.165, 1.54) is 0 Å². The number of ether oxygens (including phenoxy) is 1. The van der Waals surface area contributed by atoms with E-state index >= 15 is 0 Å². The summed E-state index contributed by atoms with van der Waals surface area (Å²) in [6, 6.07) is 0.536. The van der Waals surface area contributed by atoms with Crippen LogP contribution in [0.15, 0.2) is 12.1 Å². The molecule has 0 spiro atoms. The van der Waals surface area contributed by atoms with Gasteiger partial charge < -0.3 is 16.2 Å². The molecule has 1 aromatic carbocycles. The number of rotatable bonds is 1. The lowest BCUT2D eigenvalue weighted by molar-refractivity contribution is -0.0125. The minimum Gasteiger partial charge on any atom is -0.370 e. The predicted molar refractivity (Wildman–Crippen MR) is 55.6 cm³/mol. The number of hydrogen-bond donors (Lipinski definition) is 2. The number of hydrogen-bond acceptors (Lipinski definition) is 3. The van der Waals surface area contributed by atoms with E-state index in [1.807, 2.05) is 0 Å². The lowest BCUT2D eigenvalue weighted by atomic mass is 9.94. The Hall–Kier alpha value is -1.11. The number of halogens is 3. The van der Waals surface area contributed by atoms with E-state index in [1.54, 1.807) is 0 Å². The van der Waals surface area contributed by atoms with Crippen LogP contribution >= 0.6 is 0 Å². The quantitative estimate of drug-likeness (QED) is 0.732. The third kappa shape index (κ3) is 2.43. The maximum Gasteiger partial charge on any atom is 0.161 e. The van der Waals surface area contributed by atoms with Gasteiger partial charge in [-0.1, -0.05) is 0 Å². The molecule has 1 aromatic rings. The fraction of sp³-hybridized carbons (Fsp3) is 0.455. The summed E-state index contributed by atoms with van der Waals surface area (Å²) >= 11 is 0. The Morgan fingerprint density at radius 1 is 1.06 bits per heavy atom. The monoisotopic (exact) mass is 246 g/mol. The molecular weight excluding hydrogens is 233 g/mol. The summed E-state index contributed by atoms with van der Waals surface area (Å²) in [7, 11) is 0. The highest BCUT2D eigenvalue weighted by molar-refractivity contribution is 5.24. The molecule has 1 saturated heterocycles. The van der Waals surface area contributed by atoms with Crippen molar-refractivity contribution in [1.29, 1.82) is 0 Å². The van der Waals surface area contributed by atoms with Crippen LogP contribution in [-0.2, 0) is 4.74 Å². The Balaban J connectivity index is 2.31. The maximum atomic E-state index is 13.5. The van der Waals surface area contributed by atoms with E-state index in [-0.39, 0.29) is 18.2 Å². The van der Waals surface area contributed by atoms with Crippen molar-refractivity contribution < 1.29 is 17.9 Å². The molecule has 0 saturated carbocycles. The van der Waals surface area contributed by atoms with Gasteiger partial charge in [0.1, 0.15) is 11.9 Å². The van der Waals surface area contributed by atoms with Crippen LogP contribution in [0.25, 0.3) is 0 Å². The van der Waals surface area contributed by atoms with Gasteiger partial charge in [-0.2, -0.15) is 0 Å². The highest BCUT2D eigenvalue weighted by Crippen LogP contribution is 2.29. The largest absolute Gasteiger partial charge is 0.370 e. The first kappa shape index (κ1) is 12.3. The van der Waals surface area contributed by atoms with Gasteiger partial charge in [0.25, 0.3) is 0 Å². The Morgan fingerprint density at radius 2 is 1.71 bits per heavy atom. The van der Waals surface area contributed by atoms with Crippen LogP contribution in [0.5, 0.6) is 0 Å². The standard InChI is InChI=1S/C11H13F3N2O/c12-7-3-9(14)8(13)2-6(7)11-10(16)1-5(15)4-17-11/h2-3,5,10-11H,1,4,15-16H2/t5?,10?,11-/m1/s1. The molecule has 0 aliphatic carbocycles. The van der Waals surface area contributed by atoms with E-state index in [9.17, 15) is 13.2 Å². The normalized spacial score (nSPS) is 29.4. The topological polar surface area (TPSA) is 61.3 Å². The minimum absolute atomic E-state index is 0.0664. The van der Waals surface area contributed by atoms with Crippen LogP contribution < -0.4 is 11.5 Å². The number of nitrogens with two attached hydrogens (primary N) is 2. The van der Waals surface area contributed by atoms with E-state index in [0.29, 0.717) is 12.5 Å². The molecule has 4 N–H and O–H groups in total. The minimum atomic E-state index is -1.23. The second-order valence-electron chi connectivity index (χ2n) is 4.20. The molecule has 1 aliphatic rings. The average molecular weight is 246 g/mol. The first-order valence-corrected chi connectivity index (χ1v) is 5.26. The van der Waals surface area contributed by atoms with Crippen molar-refractivity contribution in [2.24, 2.45) is 11.5 Å². The molecule has 0 bridgehead atoms. The molecule has 0 amide bonds. The second kappa shape index (κ2) is 4.64. The fourth-order valence-electron chi connectivity index (χ4n) is 1.97. The summed E-state index contributed by atoms with van der Waals surface area (Å²) in [6.07, 6.45) is -0.340. The summed E-state index contributed by atoms with van der Waals surface area (Å²) < 4.78 is 44.6. The molecule has 3 atom stereocenters. The lowest BCUT2D eigenvalue weighted by Crippen LogP contribution is -2.45. The molecule has 1 fully saturated rings. The van der Waals surface area contributed by atoms with Crippen LogP contribution in [0.3, 0.4) is 0 Å². The van der Waals surface area contributed by atoms with Crippen LogP contribution in [0.4, 0.5) is 13.2 Å². The first-order chi connectivity index (χ1) is 7.99. The first-order valence-electron chi connectivity index (χ1n) is 5.26. The smallest absolute Gasteiger partial charge is 0.161 e. The molecule has 2 rings (SSSR count). The maximum absolute atomic E-state index is 13.5. The molecule has 1 heterocycles. The zero-order valence-electron chi connectivity index (χ0n) is 9.00. The van der Waals surface area contributed by atoms with Gasteiger partial charge in [-0.05, 0) is 12.5 Å². The van der Waals surface area contributed by atoms with E-state index < -0.39 is 29.6 Å². The van der Waals surface area contributed by atoms with Crippen LogP contribution in [0.1, 0.15) is 18.1 Å². The van der Waals surface area contributed by atoms with Crippen molar-refractivity contribution in [3.8, 4) is 0 Å². The number of benzene rings is 1. The zero-order chi connectivity index (χ0) is 12.6. The Morgan fingerprint density at radius 3 is 2.35 bits per heavy atom. The van der Waals surface area contributed by atoms with E-state index in [0.717, 1.165) is 6.07 Å². The summed E-state index contributed by atoms with van der Waals surface area (Å²) in [5, 5.41) is 0. The molecular formula is C11H13F3N2O. The van der Waals surface area contributed by atoms with Gasteiger partial charge >= 0.3 is 0 Å². The highest BCUT2D eigenvalue weighted by atomic mass is 19.2. The fourth-order valence-corrected chi connectivity index (χ4v) is 1.97. The van der Waals surface area contributed by atoms with Gasteiger partial charge in [0, 0.05) is 23.7 Å². The van der Waals surface area contributed by atoms with E-state index in [2.05, 4.69) is 0 Å². The average Bonchev–Trinajstić information content (AvgIpc) is 2.24. The van der Waals surface area contributed by atoms with Crippen LogP contribution in [0.2, 0.25) is 0 Å². The predicted octanol–water partition coefficient (Wildman–Crippen LogP) is 1.22. The van der Waals surface area contributed by atoms with Crippen molar-refractivity contribution in [3.05, 3.63) is 35.1 Å². The molecule has 94 valence electrons. The van der Waals surface area contributed by atoms with Crippen molar-refractivity contribution in [2.75, 3.05) is 6.61 Å². The summed E-state index contributed by atoms with van der Waals surface area (Å²) in [4.78, 5) is 0.